The van der Waals surface area contributed by atoms with E-state index in [0.29, 0.717) is 12.5 Å². The van der Waals surface area contributed by atoms with Gasteiger partial charge in [0.05, 0.1) is 17.6 Å². The molecule has 0 saturated heterocycles. The summed E-state index contributed by atoms with van der Waals surface area (Å²) in [5.41, 5.74) is 5.43. The maximum absolute atomic E-state index is 13.9. The normalized spacial score (nSPS) is 22.7. The van der Waals surface area contributed by atoms with Gasteiger partial charge in [0.15, 0.2) is 0 Å². The van der Waals surface area contributed by atoms with Crippen molar-refractivity contribution in [1.29, 1.82) is 0 Å². The van der Waals surface area contributed by atoms with Gasteiger partial charge in [-0.25, -0.2) is 0 Å². The van der Waals surface area contributed by atoms with E-state index in [9.17, 15) is 14.5 Å². The second kappa shape index (κ2) is 6.76. The van der Waals surface area contributed by atoms with Crippen molar-refractivity contribution in [2.75, 3.05) is 6.54 Å². The number of nitrogens with two attached hydrogens (primary N) is 1. The Morgan fingerprint density at radius 2 is 2.15 bits per heavy atom. The van der Waals surface area contributed by atoms with Gasteiger partial charge in [0.2, 0.25) is 5.82 Å². The van der Waals surface area contributed by atoms with Crippen LogP contribution >= 0.6 is 0 Å². The Labute approximate surface area is 117 Å². The molecule has 110 valence electrons. The Balaban J connectivity index is 2.03. The molecule has 6 heteroatoms. The number of nitro benzene ring substituents is 1. The molecule has 2 unspecified atom stereocenters. The van der Waals surface area contributed by atoms with E-state index in [1.807, 2.05) is 0 Å². The largest absolute Gasteiger partial charge is 0.373 e. The first-order valence-electron chi connectivity index (χ1n) is 6.87. The predicted molar refractivity (Wildman–Crippen MR) is 72.6 cm³/mol. The molecule has 0 amide bonds. The fraction of sp³-hybridized carbons (Fsp3) is 0.571. The first-order valence-corrected chi connectivity index (χ1v) is 6.87. The van der Waals surface area contributed by atoms with Crippen LogP contribution in [0.4, 0.5) is 10.1 Å². The van der Waals surface area contributed by atoms with Crippen LogP contribution in [0.15, 0.2) is 18.2 Å². The van der Waals surface area contributed by atoms with Crippen LogP contribution < -0.4 is 5.73 Å². The number of ether oxygens (including phenoxy) is 1. The third-order valence-corrected chi connectivity index (χ3v) is 3.85. The van der Waals surface area contributed by atoms with Gasteiger partial charge in [-0.3, -0.25) is 10.1 Å². The zero-order valence-electron chi connectivity index (χ0n) is 11.3. The number of rotatable bonds is 5. The molecule has 1 saturated carbocycles. The average Bonchev–Trinajstić information content (AvgIpc) is 2.46. The molecule has 1 aromatic carbocycles. The lowest BCUT2D eigenvalue weighted by Crippen LogP contribution is -2.33. The van der Waals surface area contributed by atoms with E-state index in [4.69, 9.17) is 10.5 Å². The minimum Gasteiger partial charge on any atom is -0.373 e. The third-order valence-electron chi connectivity index (χ3n) is 3.85. The minimum absolute atomic E-state index is 0.0208. The van der Waals surface area contributed by atoms with Crippen molar-refractivity contribution in [3.63, 3.8) is 0 Å². The number of nitro groups is 1. The van der Waals surface area contributed by atoms with Crippen LogP contribution in [0.3, 0.4) is 0 Å². The summed E-state index contributed by atoms with van der Waals surface area (Å²) in [5, 5.41) is 10.7. The van der Waals surface area contributed by atoms with Crippen molar-refractivity contribution < 1.29 is 14.1 Å². The molecule has 2 rings (SSSR count). The molecule has 1 aliphatic rings. The van der Waals surface area contributed by atoms with Crippen LogP contribution in [0.25, 0.3) is 0 Å². The summed E-state index contributed by atoms with van der Waals surface area (Å²) in [7, 11) is 0. The number of hydrogen-bond donors (Lipinski definition) is 1. The summed E-state index contributed by atoms with van der Waals surface area (Å²) in [4.78, 5) is 9.97. The molecule has 1 fully saturated rings. The minimum atomic E-state index is -0.808. The topological polar surface area (TPSA) is 78.4 Å². The van der Waals surface area contributed by atoms with Crippen molar-refractivity contribution in [1.82, 2.24) is 0 Å². The quantitative estimate of drug-likeness (QED) is 0.665. The lowest BCUT2D eigenvalue weighted by molar-refractivity contribution is -0.387. The summed E-state index contributed by atoms with van der Waals surface area (Å²) >= 11 is 0. The van der Waals surface area contributed by atoms with E-state index in [2.05, 4.69) is 0 Å². The second-order valence-electron chi connectivity index (χ2n) is 5.14. The van der Waals surface area contributed by atoms with E-state index in [1.54, 1.807) is 0 Å². The fourth-order valence-corrected chi connectivity index (χ4v) is 2.68. The van der Waals surface area contributed by atoms with E-state index in [-0.39, 0.29) is 18.3 Å². The average molecular weight is 282 g/mol. The Morgan fingerprint density at radius 3 is 2.85 bits per heavy atom. The molecule has 0 spiro atoms. The smallest absolute Gasteiger partial charge is 0.305 e. The Bertz CT molecular complexity index is 481. The summed E-state index contributed by atoms with van der Waals surface area (Å²) in [5.74, 6) is -0.511. The van der Waals surface area contributed by atoms with Gasteiger partial charge in [-0.05, 0) is 25.3 Å². The Morgan fingerprint density at radius 1 is 1.40 bits per heavy atom. The SMILES string of the molecule is NCC1CCCCC1OCc1cccc([N+](=O)[O-])c1F. The molecule has 20 heavy (non-hydrogen) atoms. The fourth-order valence-electron chi connectivity index (χ4n) is 2.68. The zero-order chi connectivity index (χ0) is 14.5. The van der Waals surface area contributed by atoms with Crippen molar-refractivity contribution >= 4 is 5.69 Å². The standard InChI is InChI=1S/C14H19FN2O3/c15-14-11(5-3-6-12(14)17(18)19)9-20-13-7-2-1-4-10(13)8-16/h3,5-6,10,13H,1-2,4,7-9,16H2. The van der Waals surface area contributed by atoms with Crippen LogP contribution in [0.1, 0.15) is 31.2 Å². The molecular formula is C14H19FN2O3. The molecule has 5 nitrogen and oxygen atoms in total. The molecule has 0 heterocycles. The van der Waals surface area contributed by atoms with E-state index >= 15 is 0 Å². The highest BCUT2D eigenvalue weighted by molar-refractivity contribution is 5.36. The first-order chi connectivity index (χ1) is 9.63. The molecule has 0 aromatic heterocycles. The van der Waals surface area contributed by atoms with Crippen molar-refractivity contribution in [2.24, 2.45) is 11.7 Å². The monoisotopic (exact) mass is 282 g/mol. The summed E-state index contributed by atoms with van der Waals surface area (Å²) in [6, 6.07) is 4.14. The second-order valence-corrected chi connectivity index (χ2v) is 5.14. The van der Waals surface area contributed by atoms with E-state index in [0.717, 1.165) is 31.7 Å². The number of hydrogen-bond acceptors (Lipinski definition) is 4. The van der Waals surface area contributed by atoms with E-state index in [1.165, 1.54) is 12.1 Å². The van der Waals surface area contributed by atoms with Gasteiger partial charge in [-0.15, -0.1) is 0 Å². The van der Waals surface area contributed by atoms with Gasteiger partial charge in [-0.1, -0.05) is 25.0 Å². The first kappa shape index (κ1) is 14.9. The van der Waals surface area contributed by atoms with Crippen LogP contribution in [0.2, 0.25) is 0 Å². The van der Waals surface area contributed by atoms with Crippen LogP contribution in [-0.4, -0.2) is 17.6 Å². The van der Waals surface area contributed by atoms with Crippen LogP contribution in [0.5, 0.6) is 0 Å². The molecule has 1 aromatic rings. The Hall–Kier alpha value is -1.53. The lowest BCUT2D eigenvalue weighted by Gasteiger charge is -2.30. The van der Waals surface area contributed by atoms with Crippen LogP contribution in [-0.2, 0) is 11.3 Å². The maximum atomic E-state index is 13.9. The van der Waals surface area contributed by atoms with Gasteiger partial charge >= 0.3 is 5.69 Å². The van der Waals surface area contributed by atoms with Gasteiger partial charge in [0, 0.05) is 11.6 Å². The number of benzene rings is 1. The molecule has 2 atom stereocenters. The molecular weight excluding hydrogens is 263 g/mol. The number of halogens is 1. The molecule has 2 N–H and O–H groups in total. The van der Waals surface area contributed by atoms with Gasteiger partial charge in [0.1, 0.15) is 0 Å². The third kappa shape index (κ3) is 3.32. The predicted octanol–water partition coefficient (Wildman–Crippen LogP) is 2.77. The van der Waals surface area contributed by atoms with Crippen molar-refractivity contribution in [3.05, 3.63) is 39.7 Å². The van der Waals surface area contributed by atoms with Gasteiger partial charge in [-0.2, -0.15) is 4.39 Å². The van der Waals surface area contributed by atoms with Gasteiger partial charge < -0.3 is 10.5 Å². The molecule has 0 radical (unpaired) electrons. The lowest BCUT2D eigenvalue weighted by atomic mass is 9.86. The van der Waals surface area contributed by atoms with E-state index < -0.39 is 16.4 Å². The molecule has 1 aliphatic carbocycles. The summed E-state index contributed by atoms with van der Waals surface area (Å²) < 4.78 is 19.7. The number of nitrogens with zero attached hydrogens (tertiary/aromatic N) is 1. The van der Waals surface area contributed by atoms with Crippen molar-refractivity contribution in [3.8, 4) is 0 Å². The van der Waals surface area contributed by atoms with Crippen LogP contribution in [0, 0.1) is 21.8 Å². The zero-order valence-corrected chi connectivity index (χ0v) is 11.3. The van der Waals surface area contributed by atoms with Gasteiger partial charge in [0.25, 0.3) is 0 Å². The molecule has 0 aliphatic heterocycles. The highest BCUT2D eigenvalue weighted by Crippen LogP contribution is 2.28. The summed E-state index contributed by atoms with van der Waals surface area (Å²) in [6.45, 7) is 0.608. The Kier molecular flexibility index (Phi) is 5.03. The highest BCUT2D eigenvalue weighted by Gasteiger charge is 2.25. The summed E-state index contributed by atoms with van der Waals surface area (Å²) in [6.07, 6.45) is 4.19. The van der Waals surface area contributed by atoms with Crippen molar-refractivity contribution in [2.45, 2.75) is 38.4 Å². The highest BCUT2D eigenvalue weighted by atomic mass is 19.1. The molecule has 0 bridgehead atoms. The maximum Gasteiger partial charge on any atom is 0.305 e.